The number of benzene rings is 2. The molecule has 0 fully saturated rings. The maximum atomic E-state index is 12.5. The fourth-order valence-corrected chi connectivity index (χ4v) is 2.45. The van der Waals surface area contributed by atoms with Crippen molar-refractivity contribution in [1.82, 2.24) is 16.2 Å². The number of amides is 2. The first-order valence-electron chi connectivity index (χ1n) is 9.03. The molecule has 29 heavy (non-hydrogen) atoms. The summed E-state index contributed by atoms with van der Waals surface area (Å²) in [7, 11) is 0. The number of rotatable bonds is 8. The summed E-state index contributed by atoms with van der Waals surface area (Å²) in [6, 6.07) is 13.6. The molecule has 0 unspecified atom stereocenters. The Morgan fingerprint density at radius 3 is 2.17 bits per heavy atom. The van der Waals surface area contributed by atoms with Gasteiger partial charge in [0.15, 0.2) is 5.11 Å². The third-order valence-electron chi connectivity index (χ3n) is 3.60. The van der Waals surface area contributed by atoms with Gasteiger partial charge >= 0.3 is 0 Å². The van der Waals surface area contributed by atoms with Gasteiger partial charge in [0.2, 0.25) is 0 Å². The summed E-state index contributed by atoms with van der Waals surface area (Å²) < 4.78 is 11.0. The van der Waals surface area contributed by atoms with Gasteiger partial charge in [0.1, 0.15) is 18.1 Å². The predicted molar refractivity (Wildman–Crippen MR) is 115 cm³/mol. The molecule has 0 bridgehead atoms. The van der Waals surface area contributed by atoms with Crippen LogP contribution in [-0.2, 0) is 0 Å². The molecule has 7 nitrogen and oxygen atoms in total. The summed E-state index contributed by atoms with van der Waals surface area (Å²) in [5.41, 5.74) is 5.61. The predicted octanol–water partition coefficient (Wildman–Crippen LogP) is 2.99. The third-order valence-corrected chi connectivity index (χ3v) is 3.80. The lowest BCUT2D eigenvalue weighted by molar-refractivity contribution is 0.0930. The number of thiocarbonyl (C=S) groups is 1. The molecule has 0 aromatic heterocycles. The van der Waals surface area contributed by atoms with E-state index in [1.54, 1.807) is 54.6 Å². The van der Waals surface area contributed by atoms with E-state index in [2.05, 4.69) is 22.7 Å². The van der Waals surface area contributed by atoms with Crippen molar-refractivity contribution in [2.24, 2.45) is 0 Å². The first-order chi connectivity index (χ1) is 14.1. The van der Waals surface area contributed by atoms with Gasteiger partial charge in [0.05, 0.1) is 17.7 Å². The molecule has 0 aliphatic carbocycles. The Morgan fingerprint density at radius 1 is 0.966 bits per heavy atom. The normalized spacial score (nSPS) is 9.83. The molecule has 2 aromatic carbocycles. The first kappa shape index (κ1) is 21.9. The van der Waals surface area contributed by atoms with Crippen molar-refractivity contribution in [3.05, 3.63) is 72.3 Å². The topological polar surface area (TPSA) is 88.7 Å². The molecule has 152 valence electrons. The van der Waals surface area contributed by atoms with Crippen molar-refractivity contribution >= 4 is 29.1 Å². The van der Waals surface area contributed by atoms with Gasteiger partial charge in [-0.25, -0.2) is 0 Å². The minimum absolute atomic E-state index is 0.0573. The number of para-hydroxylation sites is 2. The Balaban J connectivity index is 1.94. The highest BCUT2D eigenvalue weighted by Crippen LogP contribution is 2.18. The summed E-state index contributed by atoms with van der Waals surface area (Å²) in [4.78, 5) is 24.9. The third kappa shape index (κ3) is 6.62. The Bertz CT molecular complexity index is 886. The van der Waals surface area contributed by atoms with Crippen molar-refractivity contribution in [3.63, 3.8) is 0 Å². The van der Waals surface area contributed by atoms with Gasteiger partial charge in [-0.1, -0.05) is 43.8 Å². The highest BCUT2D eigenvalue weighted by molar-refractivity contribution is 7.80. The Hall–Kier alpha value is -3.39. The summed E-state index contributed by atoms with van der Waals surface area (Å²) in [5.74, 6) is -0.0401. The van der Waals surface area contributed by atoms with Gasteiger partial charge in [-0.3, -0.25) is 25.8 Å². The second kappa shape index (κ2) is 11.5. The largest absolute Gasteiger partial charge is 0.493 e. The number of ether oxygens (including phenoxy) is 2. The van der Waals surface area contributed by atoms with Crippen molar-refractivity contribution in [1.29, 1.82) is 0 Å². The number of hydrogen-bond donors (Lipinski definition) is 3. The lowest BCUT2D eigenvalue weighted by Crippen LogP contribution is -2.48. The van der Waals surface area contributed by atoms with Crippen molar-refractivity contribution < 1.29 is 19.1 Å². The molecule has 2 amide bonds. The number of hydrogen-bond acceptors (Lipinski definition) is 5. The fraction of sp³-hybridized carbons (Fsp3) is 0.190. The molecule has 0 saturated heterocycles. The van der Waals surface area contributed by atoms with Crippen molar-refractivity contribution in [2.75, 3.05) is 13.2 Å². The van der Waals surface area contributed by atoms with Crippen LogP contribution in [0.2, 0.25) is 0 Å². The maximum Gasteiger partial charge on any atom is 0.273 e. The molecule has 3 N–H and O–H groups in total. The van der Waals surface area contributed by atoms with E-state index < -0.39 is 11.8 Å². The van der Waals surface area contributed by atoms with Crippen LogP contribution in [0.4, 0.5) is 0 Å². The number of carbonyl (C=O) groups excluding carboxylic acids is 2. The standard InChI is InChI=1S/C21H23N3O4S/c1-3-13-27-17-11-7-5-9-15(17)19(25)22-21(29)24-23-20(26)16-10-6-8-12-18(16)28-14-4-2/h4-12H,2-3,13-14H2,1H3,(H,23,26)(H2,22,24,25,29). The second-order valence-electron chi connectivity index (χ2n) is 5.80. The van der Waals surface area contributed by atoms with Crippen LogP contribution in [-0.4, -0.2) is 30.1 Å². The van der Waals surface area contributed by atoms with Crippen LogP contribution in [0.15, 0.2) is 61.2 Å². The maximum absolute atomic E-state index is 12.5. The highest BCUT2D eigenvalue weighted by atomic mass is 32.1. The minimum atomic E-state index is -0.465. The zero-order valence-electron chi connectivity index (χ0n) is 16.1. The summed E-state index contributed by atoms with van der Waals surface area (Å²) in [6.45, 7) is 6.32. The molecule has 2 rings (SSSR count). The molecule has 0 aliphatic heterocycles. The summed E-state index contributed by atoms with van der Waals surface area (Å²) in [5, 5.41) is 2.45. The number of carbonyl (C=O) groups is 2. The van der Waals surface area contributed by atoms with Gasteiger partial charge in [0, 0.05) is 0 Å². The number of hydrazine groups is 1. The lowest BCUT2D eigenvalue weighted by Gasteiger charge is -2.14. The van der Waals surface area contributed by atoms with E-state index in [4.69, 9.17) is 21.7 Å². The van der Waals surface area contributed by atoms with Crippen LogP contribution in [0.25, 0.3) is 0 Å². The van der Waals surface area contributed by atoms with Gasteiger partial charge in [-0.2, -0.15) is 0 Å². The molecule has 0 saturated carbocycles. The molecule has 0 atom stereocenters. The molecular weight excluding hydrogens is 390 g/mol. The zero-order valence-corrected chi connectivity index (χ0v) is 16.9. The smallest absolute Gasteiger partial charge is 0.273 e. The molecule has 2 aromatic rings. The van der Waals surface area contributed by atoms with Gasteiger partial charge < -0.3 is 9.47 Å². The average Bonchev–Trinajstić information content (AvgIpc) is 2.74. The highest BCUT2D eigenvalue weighted by Gasteiger charge is 2.15. The average molecular weight is 413 g/mol. The van der Waals surface area contributed by atoms with E-state index in [0.717, 1.165) is 6.42 Å². The van der Waals surface area contributed by atoms with E-state index in [-0.39, 0.29) is 11.7 Å². The SMILES string of the molecule is C=CCOc1ccccc1C(=O)NNC(=S)NC(=O)c1ccccc1OCCC. The molecule has 0 spiro atoms. The van der Waals surface area contributed by atoms with E-state index in [0.29, 0.717) is 29.2 Å². The Kier molecular flexibility index (Phi) is 8.65. The molecule has 8 heteroatoms. The van der Waals surface area contributed by atoms with E-state index in [9.17, 15) is 9.59 Å². The monoisotopic (exact) mass is 413 g/mol. The molecule has 0 radical (unpaired) electrons. The number of nitrogens with one attached hydrogen (secondary N) is 3. The van der Waals surface area contributed by atoms with Crippen molar-refractivity contribution in [3.8, 4) is 11.5 Å². The van der Waals surface area contributed by atoms with Crippen LogP contribution >= 0.6 is 12.2 Å². The zero-order chi connectivity index (χ0) is 21.1. The summed E-state index contributed by atoms with van der Waals surface area (Å²) in [6.07, 6.45) is 2.40. The van der Waals surface area contributed by atoms with Gasteiger partial charge in [-0.05, 0) is 42.9 Å². The van der Waals surface area contributed by atoms with Gasteiger partial charge in [-0.15, -0.1) is 0 Å². The van der Waals surface area contributed by atoms with Crippen LogP contribution < -0.4 is 25.6 Å². The van der Waals surface area contributed by atoms with Gasteiger partial charge in [0.25, 0.3) is 11.8 Å². The summed E-state index contributed by atoms with van der Waals surface area (Å²) >= 11 is 5.09. The Labute approximate surface area is 175 Å². The van der Waals surface area contributed by atoms with Crippen LogP contribution in [0, 0.1) is 0 Å². The van der Waals surface area contributed by atoms with Crippen LogP contribution in [0.5, 0.6) is 11.5 Å². The molecular formula is C21H23N3O4S. The second-order valence-corrected chi connectivity index (χ2v) is 6.21. The van der Waals surface area contributed by atoms with Crippen LogP contribution in [0.3, 0.4) is 0 Å². The quantitative estimate of drug-likeness (QED) is 0.350. The Morgan fingerprint density at radius 2 is 1.55 bits per heavy atom. The fourth-order valence-electron chi connectivity index (χ4n) is 2.30. The van der Waals surface area contributed by atoms with E-state index in [1.165, 1.54) is 0 Å². The molecule has 0 heterocycles. The lowest BCUT2D eigenvalue weighted by atomic mass is 10.2. The van der Waals surface area contributed by atoms with Crippen molar-refractivity contribution in [2.45, 2.75) is 13.3 Å². The van der Waals surface area contributed by atoms with E-state index >= 15 is 0 Å². The van der Waals surface area contributed by atoms with E-state index in [1.807, 2.05) is 6.92 Å². The minimum Gasteiger partial charge on any atom is -0.493 e. The van der Waals surface area contributed by atoms with Crippen LogP contribution in [0.1, 0.15) is 34.1 Å². The first-order valence-corrected chi connectivity index (χ1v) is 9.43. The molecule has 0 aliphatic rings.